The van der Waals surface area contributed by atoms with Crippen LogP contribution in [0.4, 0.5) is 0 Å². The number of carbonyl (C=O) groups excluding carboxylic acids is 2. The third-order valence-corrected chi connectivity index (χ3v) is 3.96. The molecule has 1 heterocycles. The number of amides is 1. The number of thiophene rings is 1. The Bertz CT molecular complexity index is 514. The number of esters is 1. The topological polar surface area (TPSA) is 55.4 Å². The summed E-state index contributed by atoms with van der Waals surface area (Å²) >= 11 is 1.47. The summed E-state index contributed by atoms with van der Waals surface area (Å²) in [5.74, 6) is -0.637. The fraction of sp³-hybridized carbons (Fsp3) is 0.625. The highest BCUT2D eigenvalue weighted by Crippen LogP contribution is 2.23. The molecule has 0 aliphatic heterocycles. The lowest BCUT2D eigenvalue weighted by Gasteiger charge is -2.22. The summed E-state index contributed by atoms with van der Waals surface area (Å²) in [5.41, 5.74) is 0.654. The first-order valence-electron chi connectivity index (χ1n) is 7.27. The van der Waals surface area contributed by atoms with Gasteiger partial charge in [-0.05, 0) is 52.7 Å². The normalized spacial score (nSPS) is 12.9. The van der Waals surface area contributed by atoms with Crippen LogP contribution in [0.25, 0.3) is 0 Å². The Kier molecular flexibility index (Phi) is 5.96. The van der Waals surface area contributed by atoms with Crippen LogP contribution in [0.15, 0.2) is 6.07 Å². The van der Waals surface area contributed by atoms with Crippen molar-refractivity contribution in [1.29, 1.82) is 0 Å². The first kappa shape index (κ1) is 17.7. The number of ether oxygens (including phenoxy) is 1. The Morgan fingerprint density at radius 2 is 2.00 bits per heavy atom. The van der Waals surface area contributed by atoms with Gasteiger partial charge in [-0.25, -0.2) is 4.79 Å². The van der Waals surface area contributed by atoms with Gasteiger partial charge in [-0.3, -0.25) is 4.79 Å². The van der Waals surface area contributed by atoms with Crippen molar-refractivity contribution in [2.24, 2.45) is 0 Å². The minimum atomic E-state index is -0.659. The van der Waals surface area contributed by atoms with Gasteiger partial charge in [0.05, 0.1) is 4.88 Å². The van der Waals surface area contributed by atoms with E-state index in [-0.39, 0.29) is 5.91 Å². The highest BCUT2D eigenvalue weighted by molar-refractivity contribution is 7.14. The molecule has 5 heteroatoms. The number of nitrogens with one attached hydrogen (secondary N) is 1. The number of hydrogen-bond acceptors (Lipinski definition) is 4. The molecule has 0 aromatic carbocycles. The SMILES string of the molecule is CCCc1cc(C(=O)N[C@H](C)C(=O)OC(C)(C)C)sc1C. The van der Waals surface area contributed by atoms with Crippen LogP contribution in [0.3, 0.4) is 0 Å². The minimum absolute atomic E-state index is 0.219. The average Bonchev–Trinajstić information content (AvgIpc) is 2.69. The van der Waals surface area contributed by atoms with Crippen LogP contribution >= 0.6 is 11.3 Å². The first-order chi connectivity index (χ1) is 9.64. The largest absolute Gasteiger partial charge is 0.458 e. The molecule has 0 aliphatic carbocycles. The maximum Gasteiger partial charge on any atom is 0.328 e. The van der Waals surface area contributed by atoms with Crippen LogP contribution < -0.4 is 5.32 Å². The van der Waals surface area contributed by atoms with Gasteiger partial charge >= 0.3 is 5.97 Å². The summed E-state index contributed by atoms with van der Waals surface area (Å²) in [5, 5.41) is 2.70. The van der Waals surface area contributed by atoms with Gasteiger partial charge in [0.15, 0.2) is 0 Å². The summed E-state index contributed by atoms with van der Waals surface area (Å²) in [7, 11) is 0. The Balaban J connectivity index is 2.68. The number of hydrogen-bond donors (Lipinski definition) is 1. The van der Waals surface area contributed by atoms with E-state index in [1.807, 2.05) is 13.0 Å². The van der Waals surface area contributed by atoms with Crippen LogP contribution in [0.2, 0.25) is 0 Å². The lowest BCUT2D eigenvalue weighted by molar-refractivity contribution is -0.156. The molecule has 1 N–H and O–H groups in total. The highest BCUT2D eigenvalue weighted by atomic mass is 32.1. The molecule has 0 spiro atoms. The van der Waals surface area contributed by atoms with Crippen molar-refractivity contribution < 1.29 is 14.3 Å². The first-order valence-corrected chi connectivity index (χ1v) is 8.08. The zero-order chi connectivity index (χ0) is 16.2. The van der Waals surface area contributed by atoms with E-state index in [1.54, 1.807) is 27.7 Å². The quantitative estimate of drug-likeness (QED) is 0.847. The molecule has 1 amide bonds. The molecular weight excluding hydrogens is 286 g/mol. The third-order valence-electron chi connectivity index (χ3n) is 2.87. The summed E-state index contributed by atoms with van der Waals surface area (Å²) in [6.45, 7) is 11.2. The molecule has 0 fully saturated rings. The Morgan fingerprint density at radius 3 is 2.52 bits per heavy atom. The van der Waals surface area contributed by atoms with Gasteiger partial charge in [-0.1, -0.05) is 13.3 Å². The van der Waals surface area contributed by atoms with E-state index < -0.39 is 17.6 Å². The van der Waals surface area contributed by atoms with Crippen molar-refractivity contribution in [3.8, 4) is 0 Å². The molecule has 1 aromatic heterocycles. The van der Waals surface area contributed by atoms with Gasteiger partial charge in [0.1, 0.15) is 11.6 Å². The lowest BCUT2D eigenvalue weighted by Crippen LogP contribution is -2.42. The van der Waals surface area contributed by atoms with Crippen molar-refractivity contribution in [3.63, 3.8) is 0 Å². The third kappa shape index (κ3) is 5.50. The minimum Gasteiger partial charge on any atom is -0.458 e. The second kappa shape index (κ2) is 7.07. The van der Waals surface area contributed by atoms with E-state index >= 15 is 0 Å². The van der Waals surface area contributed by atoms with Gasteiger partial charge in [0.25, 0.3) is 5.91 Å². The molecule has 0 unspecified atom stereocenters. The van der Waals surface area contributed by atoms with E-state index in [1.165, 1.54) is 16.9 Å². The predicted molar refractivity (Wildman–Crippen MR) is 85.8 cm³/mol. The maximum atomic E-state index is 12.2. The van der Waals surface area contributed by atoms with Gasteiger partial charge in [-0.2, -0.15) is 0 Å². The fourth-order valence-corrected chi connectivity index (χ4v) is 2.84. The van der Waals surface area contributed by atoms with Crippen molar-refractivity contribution >= 4 is 23.2 Å². The smallest absolute Gasteiger partial charge is 0.328 e. The summed E-state index contributed by atoms with van der Waals surface area (Å²) < 4.78 is 5.25. The molecule has 0 saturated heterocycles. The fourth-order valence-electron chi connectivity index (χ4n) is 1.87. The van der Waals surface area contributed by atoms with E-state index in [9.17, 15) is 9.59 Å². The summed E-state index contributed by atoms with van der Waals surface area (Å²) in [6, 6.07) is 1.26. The Labute approximate surface area is 130 Å². The molecule has 21 heavy (non-hydrogen) atoms. The van der Waals surface area contributed by atoms with Crippen molar-refractivity contribution in [2.45, 2.75) is 66.0 Å². The van der Waals surface area contributed by atoms with E-state index in [2.05, 4.69) is 12.2 Å². The molecule has 4 nitrogen and oxygen atoms in total. The molecule has 0 radical (unpaired) electrons. The maximum absolute atomic E-state index is 12.2. The predicted octanol–water partition coefficient (Wildman–Crippen LogP) is 3.47. The number of carbonyl (C=O) groups is 2. The average molecular weight is 311 g/mol. The molecule has 118 valence electrons. The Morgan fingerprint density at radius 1 is 1.38 bits per heavy atom. The van der Waals surface area contributed by atoms with Crippen LogP contribution in [0.5, 0.6) is 0 Å². The zero-order valence-electron chi connectivity index (χ0n) is 13.7. The summed E-state index contributed by atoms with van der Waals surface area (Å²) in [4.78, 5) is 25.9. The van der Waals surface area contributed by atoms with E-state index in [0.717, 1.165) is 17.7 Å². The lowest BCUT2D eigenvalue weighted by atomic mass is 10.1. The molecule has 0 bridgehead atoms. The van der Waals surface area contributed by atoms with Crippen LogP contribution in [0, 0.1) is 6.92 Å². The second-order valence-corrected chi connectivity index (χ2v) is 7.43. The number of rotatable bonds is 5. The van der Waals surface area contributed by atoms with Gasteiger partial charge < -0.3 is 10.1 Å². The molecule has 1 rings (SSSR count). The molecule has 1 atom stereocenters. The molecule has 0 aliphatic rings. The van der Waals surface area contributed by atoms with Crippen molar-refractivity contribution in [2.75, 3.05) is 0 Å². The second-order valence-electron chi connectivity index (χ2n) is 6.17. The van der Waals surface area contributed by atoms with Gasteiger partial charge in [-0.15, -0.1) is 11.3 Å². The van der Waals surface area contributed by atoms with Crippen LogP contribution in [0.1, 0.15) is 61.2 Å². The standard InChI is InChI=1S/C16H25NO3S/c1-7-8-12-9-13(21-11(12)3)14(18)17-10(2)15(19)20-16(4,5)6/h9-10H,7-8H2,1-6H3,(H,17,18)/t10-/m1/s1. The highest BCUT2D eigenvalue weighted by Gasteiger charge is 2.24. The summed E-state index contributed by atoms with van der Waals surface area (Å²) in [6.07, 6.45) is 2.02. The molecular formula is C16H25NO3S. The van der Waals surface area contributed by atoms with Crippen molar-refractivity contribution in [1.82, 2.24) is 5.32 Å². The van der Waals surface area contributed by atoms with Gasteiger partial charge in [0.2, 0.25) is 0 Å². The Hall–Kier alpha value is -1.36. The van der Waals surface area contributed by atoms with E-state index in [4.69, 9.17) is 4.74 Å². The van der Waals surface area contributed by atoms with Gasteiger partial charge in [0, 0.05) is 4.88 Å². The monoisotopic (exact) mass is 311 g/mol. The van der Waals surface area contributed by atoms with Crippen molar-refractivity contribution in [3.05, 3.63) is 21.4 Å². The van der Waals surface area contributed by atoms with E-state index in [0.29, 0.717) is 4.88 Å². The molecule has 1 aromatic rings. The zero-order valence-corrected chi connectivity index (χ0v) is 14.5. The molecule has 0 saturated carbocycles. The van der Waals surface area contributed by atoms with Crippen LogP contribution in [-0.2, 0) is 16.0 Å². The number of aryl methyl sites for hydroxylation is 2. The van der Waals surface area contributed by atoms with Crippen LogP contribution in [-0.4, -0.2) is 23.5 Å².